The van der Waals surface area contributed by atoms with Crippen LogP contribution < -0.4 is 5.32 Å². The number of fused-ring (bicyclic) bond motifs is 1. The lowest BCUT2D eigenvalue weighted by atomic mass is 10.1. The summed E-state index contributed by atoms with van der Waals surface area (Å²) in [6.07, 6.45) is 3.85. The molecule has 0 saturated carbocycles. The molecule has 1 fully saturated rings. The van der Waals surface area contributed by atoms with Crippen LogP contribution in [0.5, 0.6) is 0 Å². The van der Waals surface area contributed by atoms with E-state index in [9.17, 15) is 5.11 Å². The van der Waals surface area contributed by atoms with Gasteiger partial charge in [0, 0.05) is 12.8 Å². The smallest absolute Gasteiger partial charge is 0.241 e. The second-order valence-corrected chi connectivity index (χ2v) is 6.95. The highest BCUT2D eigenvalue weighted by molar-refractivity contribution is 5.63. The van der Waals surface area contributed by atoms with Crippen molar-refractivity contribution >= 4 is 11.5 Å². The highest BCUT2D eigenvalue weighted by atomic mass is 16.5. The first-order valence-corrected chi connectivity index (χ1v) is 8.95. The molecule has 0 radical (unpaired) electrons. The average Bonchev–Trinajstić information content (AvgIpc) is 3.07. The van der Waals surface area contributed by atoms with Crippen LogP contribution in [0.2, 0.25) is 0 Å². The fourth-order valence-electron chi connectivity index (χ4n) is 3.12. The van der Waals surface area contributed by atoms with Gasteiger partial charge in [-0.15, -0.1) is 5.10 Å². The number of ether oxygens (including phenoxy) is 1. The highest BCUT2D eigenvalue weighted by Crippen LogP contribution is 2.22. The molecule has 0 amide bonds. The molecule has 4 heterocycles. The van der Waals surface area contributed by atoms with Crippen molar-refractivity contribution < 1.29 is 9.84 Å². The number of nitrogens with one attached hydrogen (secondary N) is 1. The van der Waals surface area contributed by atoms with Crippen LogP contribution in [0.3, 0.4) is 0 Å². The Bertz CT molecular complexity index is 891. The molecule has 4 rings (SSSR count). The van der Waals surface area contributed by atoms with Gasteiger partial charge in [-0.05, 0) is 36.1 Å². The lowest BCUT2D eigenvalue weighted by Crippen LogP contribution is -2.42. The van der Waals surface area contributed by atoms with Gasteiger partial charge in [-0.1, -0.05) is 19.9 Å². The van der Waals surface area contributed by atoms with E-state index in [0.717, 1.165) is 23.3 Å². The summed E-state index contributed by atoms with van der Waals surface area (Å²) >= 11 is 0. The summed E-state index contributed by atoms with van der Waals surface area (Å²) in [4.78, 5) is 8.96. The predicted molar refractivity (Wildman–Crippen MR) is 99.2 cm³/mol. The molecule has 7 nitrogen and oxygen atoms in total. The Balaban J connectivity index is 1.64. The highest BCUT2D eigenvalue weighted by Gasteiger charge is 2.24. The zero-order chi connectivity index (χ0) is 18.1. The van der Waals surface area contributed by atoms with Crippen molar-refractivity contribution in [1.82, 2.24) is 19.6 Å². The second-order valence-electron chi connectivity index (χ2n) is 6.95. The van der Waals surface area contributed by atoms with E-state index in [2.05, 4.69) is 40.3 Å². The average molecular weight is 353 g/mol. The molecule has 0 unspecified atom stereocenters. The zero-order valence-electron chi connectivity index (χ0n) is 15.0. The van der Waals surface area contributed by atoms with E-state index in [1.807, 2.05) is 28.9 Å². The molecule has 0 aromatic carbocycles. The van der Waals surface area contributed by atoms with Crippen LogP contribution in [-0.4, -0.2) is 50.0 Å². The molecule has 26 heavy (non-hydrogen) atoms. The van der Waals surface area contributed by atoms with Gasteiger partial charge < -0.3 is 15.2 Å². The second kappa shape index (κ2) is 7.01. The number of hydrogen-bond acceptors (Lipinski definition) is 6. The largest absolute Gasteiger partial charge is 0.389 e. The van der Waals surface area contributed by atoms with Crippen molar-refractivity contribution in [2.24, 2.45) is 0 Å². The van der Waals surface area contributed by atoms with Gasteiger partial charge in [0.2, 0.25) is 5.95 Å². The summed E-state index contributed by atoms with van der Waals surface area (Å²) in [5, 5.41) is 17.9. The third kappa shape index (κ3) is 3.27. The Morgan fingerprint density at radius 1 is 1.19 bits per heavy atom. The lowest BCUT2D eigenvalue weighted by Gasteiger charge is -2.28. The summed E-state index contributed by atoms with van der Waals surface area (Å²) in [7, 11) is 0. The molecule has 1 aliphatic heterocycles. The molecule has 0 bridgehead atoms. The summed E-state index contributed by atoms with van der Waals surface area (Å²) in [6.45, 7) is 5.26. The first kappa shape index (κ1) is 16.9. The third-order valence-electron chi connectivity index (χ3n) is 4.75. The molecular weight excluding hydrogens is 330 g/mol. The molecule has 7 heteroatoms. The van der Waals surface area contributed by atoms with Crippen molar-refractivity contribution in [2.75, 3.05) is 18.5 Å². The van der Waals surface area contributed by atoms with Gasteiger partial charge in [0.05, 0.1) is 41.9 Å². The van der Waals surface area contributed by atoms with E-state index in [0.29, 0.717) is 25.1 Å². The molecule has 2 N–H and O–H groups in total. The van der Waals surface area contributed by atoms with Crippen molar-refractivity contribution in [2.45, 2.75) is 38.3 Å². The monoisotopic (exact) mass is 353 g/mol. The number of pyridine rings is 1. The maximum absolute atomic E-state index is 10.0. The van der Waals surface area contributed by atoms with E-state index in [1.165, 1.54) is 5.56 Å². The summed E-state index contributed by atoms with van der Waals surface area (Å²) in [5.41, 5.74) is 3.88. The van der Waals surface area contributed by atoms with E-state index in [4.69, 9.17) is 4.74 Å². The minimum atomic E-state index is -0.558. The van der Waals surface area contributed by atoms with Gasteiger partial charge in [0.15, 0.2) is 0 Å². The van der Waals surface area contributed by atoms with Crippen LogP contribution >= 0.6 is 0 Å². The standard InChI is InChI=1S/C19H23N5O2/c1-12(2)13-3-5-15(20-9-13)17-6-4-14-10-21-19(23-24(14)17)22-16-7-8-26-11-18(16)25/h3-6,9-10,12,16,18,25H,7-8,11H2,1-2H3,(H,22,23)/t16-,18-/m1/s1. The third-order valence-corrected chi connectivity index (χ3v) is 4.75. The zero-order valence-corrected chi connectivity index (χ0v) is 15.0. The number of aliphatic hydroxyl groups is 1. The Morgan fingerprint density at radius 2 is 2.08 bits per heavy atom. The summed E-state index contributed by atoms with van der Waals surface area (Å²) < 4.78 is 7.10. The SMILES string of the molecule is CC(C)c1ccc(-c2ccc3cnc(N[C@@H]4CCOC[C@H]4O)nn23)nc1. The number of rotatable bonds is 4. The molecule has 2 atom stereocenters. The summed E-state index contributed by atoms with van der Waals surface area (Å²) in [6, 6.07) is 7.98. The first-order chi connectivity index (χ1) is 12.6. The predicted octanol–water partition coefficient (Wildman–Crippen LogP) is 2.48. The molecule has 1 saturated heterocycles. The first-order valence-electron chi connectivity index (χ1n) is 8.95. The number of aromatic nitrogens is 4. The molecule has 3 aromatic heterocycles. The van der Waals surface area contributed by atoms with Crippen molar-refractivity contribution in [1.29, 1.82) is 0 Å². The van der Waals surface area contributed by atoms with Crippen LogP contribution in [0, 0.1) is 0 Å². The molecule has 136 valence electrons. The Hall–Kier alpha value is -2.51. The fraction of sp³-hybridized carbons (Fsp3) is 0.421. The van der Waals surface area contributed by atoms with Crippen LogP contribution in [0.15, 0.2) is 36.7 Å². The number of hydrogen-bond donors (Lipinski definition) is 2. The summed E-state index contributed by atoms with van der Waals surface area (Å²) in [5.74, 6) is 0.935. The van der Waals surface area contributed by atoms with Gasteiger partial charge >= 0.3 is 0 Å². The van der Waals surface area contributed by atoms with Crippen molar-refractivity contribution in [3.8, 4) is 11.4 Å². The minimum absolute atomic E-state index is 0.108. The maximum Gasteiger partial charge on any atom is 0.241 e. The molecule has 0 aliphatic carbocycles. The normalized spacial score (nSPS) is 20.6. The van der Waals surface area contributed by atoms with E-state index in [-0.39, 0.29) is 6.04 Å². The van der Waals surface area contributed by atoms with Gasteiger partial charge in [-0.2, -0.15) is 0 Å². The Labute approximate surface area is 152 Å². The van der Waals surface area contributed by atoms with Gasteiger partial charge in [-0.3, -0.25) is 4.98 Å². The van der Waals surface area contributed by atoms with Gasteiger partial charge in [-0.25, -0.2) is 9.50 Å². The van der Waals surface area contributed by atoms with E-state index in [1.54, 1.807) is 6.20 Å². The number of nitrogens with zero attached hydrogens (tertiary/aromatic N) is 4. The van der Waals surface area contributed by atoms with Crippen LogP contribution in [0.1, 0.15) is 31.7 Å². The van der Waals surface area contributed by atoms with Crippen molar-refractivity contribution in [3.63, 3.8) is 0 Å². The molecular formula is C19H23N5O2. The molecule has 3 aromatic rings. The Kier molecular flexibility index (Phi) is 4.57. The number of anilines is 1. The Morgan fingerprint density at radius 3 is 2.81 bits per heavy atom. The van der Waals surface area contributed by atoms with E-state index >= 15 is 0 Å². The maximum atomic E-state index is 10.0. The van der Waals surface area contributed by atoms with Crippen molar-refractivity contribution in [3.05, 3.63) is 42.2 Å². The van der Waals surface area contributed by atoms with Crippen LogP contribution in [-0.2, 0) is 4.74 Å². The minimum Gasteiger partial charge on any atom is -0.389 e. The van der Waals surface area contributed by atoms with Gasteiger partial charge in [0.25, 0.3) is 0 Å². The fourth-order valence-corrected chi connectivity index (χ4v) is 3.12. The van der Waals surface area contributed by atoms with E-state index < -0.39 is 6.10 Å². The van der Waals surface area contributed by atoms with Crippen LogP contribution in [0.25, 0.3) is 16.9 Å². The quantitative estimate of drug-likeness (QED) is 0.750. The number of aliphatic hydroxyl groups excluding tert-OH is 1. The lowest BCUT2D eigenvalue weighted by molar-refractivity contribution is -0.0136. The molecule has 1 aliphatic rings. The van der Waals surface area contributed by atoms with Crippen LogP contribution in [0.4, 0.5) is 5.95 Å². The van der Waals surface area contributed by atoms with Gasteiger partial charge in [0.1, 0.15) is 0 Å². The molecule has 0 spiro atoms. The topological polar surface area (TPSA) is 84.6 Å².